The lowest BCUT2D eigenvalue weighted by molar-refractivity contribution is -0.117. The van der Waals surface area contributed by atoms with Gasteiger partial charge in [-0.1, -0.05) is 11.6 Å². The average Bonchev–Trinajstić information content (AvgIpc) is 3.08. The largest absolute Gasteiger partial charge is 0.444 e. The van der Waals surface area contributed by atoms with Gasteiger partial charge in [-0.25, -0.2) is 0 Å². The molecule has 2 aromatic rings. The second-order valence-corrected chi connectivity index (χ2v) is 6.09. The fourth-order valence-electron chi connectivity index (χ4n) is 2.37. The molecule has 0 unspecified atom stereocenters. The number of hydrogen-bond acceptors (Lipinski definition) is 3. The van der Waals surface area contributed by atoms with Crippen molar-refractivity contribution < 1.29 is 14.0 Å². The molecule has 3 rings (SSSR count). The van der Waals surface area contributed by atoms with E-state index in [9.17, 15) is 9.59 Å². The van der Waals surface area contributed by atoms with E-state index < -0.39 is 5.91 Å². The number of rotatable bonds is 3. The summed E-state index contributed by atoms with van der Waals surface area (Å²) in [6.07, 6.45) is 1.32. The van der Waals surface area contributed by atoms with Gasteiger partial charge in [0.2, 0.25) is 5.91 Å². The minimum absolute atomic E-state index is 0.0403. The SMILES string of the molecule is O=C(Nc1cc(Cl)ccc1N1CCCC1=O)c1ccc(Br)o1. The predicted molar refractivity (Wildman–Crippen MR) is 87.4 cm³/mol. The van der Waals surface area contributed by atoms with E-state index in [1.54, 1.807) is 35.2 Å². The summed E-state index contributed by atoms with van der Waals surface area (Å²) in [5, 5.41) is 3.22. The minimum Gasteiger partial charge on any atom is -0.444 e. The van der Waals surface area contributed by atoms with Crippen LogP contribution in [-0.2, 0) is 4.79 Å². The van der Waals surface area contributed by atoms with Crippen molar-refractivity contribution in [3.63, 3.8) is 0 Å². The first-order valence-corrected chi connectivity index (χ1v) is 7.88. The number of nitrogens with zero attached hydrogens (tertiary/aromatic N) is 1. The van der Waals surface area contributed by atoms with Crippen molar-refractivity contribution in [2.75, 3.05) is 16.8 Å². The van der Waals surface area contributed by atoms with Crippen LogP contribution in [0.15, 0.2) is 39.4 Å². The number of hydrogen-bond donors (Lipinski definition) is 1. The van der Waals surface area contributed by atoms with Crippen molar-refractivity contribution in [2.24, 2.45) is 0 Å². The summed E-state index contributed by atoms with van der Waals surface area (Å²) in [5.41, 5.74) is 1.13. The van der Waals surface area contributed by atoms with E-state index in [1.165, 1.54) is 0 Å². The Kier molecular flexibility index (Phi) is 4.22. The van der Waals surface area contributed by atoms with E-state index >= 15 is 0 Å². The number of furan rings is 1. The van der Waals surface area contributed by atoms with E-state index in [1.807, 2.05) is 0 Å². The standard InChI is InChI=1S/C15H12BrClN2O3/c16-13-6-5-12(22-13)15(21)18-10-8-9(17)3-4-11(10)19-7-1-2-14(19)20/h3-6,8H,1-2,7H2,(H,18,21). The molecule has 1 N–H and O–H groups in total. The molecule has 7 heteroatoms. The number of carbonyl (C=O) groups excluding carboxylic acids is 2. The van der Waals surface area contributed by atoms with Crippen molar-refractivity contribution in [1.29, 1.82) is 0 Å². The summed E-state index contributed by atoms with van der Waals surface area (Å²) in [7, 11) is 0. The molecule has 0 spiro atoms. The smallest absolute Gasteiger partial charge is 0.291 e. The van der Waals surface area contributed by atoms with Crippen molar-refractivity contribution in [2.45, 2.75) is 12.8 Å². The molecule has 1 aromatic carbocycles. The molecule has 5 nitrogen and oxygen atoms in total. The van der Waals surface area contributed by atoms with Crippen LogP contribution in [0.5, 0.6) is 0 Å². The second kappa shape index (κ2) is 6.14. The highest BCUT2D eigenvalue weighted by molar-refractivity contribution is 9.10. The molecular formula is C15H12BrClN2O3. The molecular weight excluding hydrogens is 372 g/mol. The zero-order chi connectivity index (χ0) is 15.7. The van der Waals surface area contributed by atoms with Gasteiger partial charge < -0.3 is 14.6 Å². The Morgan fingerprint density at radius 3 is 2.77 bits per heavy atom. The Morgan fingerprint density at radius 1 is 1.32 bits per heavy atom. The molecule has 1 saturated heterocycles. The first-order chi connectivity index (χ1) is 10.5. The zero-order valence-electron chi connectivity index (χ0n) is 11.4. The van der Waals surface area contributed by atoms with Crippen LogP contribution >= 0.6 is 27.5 Å². The lowest BCUT2D eigenvalue weighted by Crippen LogP contribution is -2.25. The monoisotopic (exact) mass is 382 g/mol. The molecule has 0 bridgehead atoms. The van der Waals surface area contributed by atoms with Gasteiger partial charge in [0.25, 0.3) is 5.91 Å². The lowest BCUT2D eigenvalue weighted by Gasteiger charge is -2.20. The topological polar surface area (TPSA) is 62.6 Å². The molecule has 2 heterocycles. The van der Waals surface area contributed by atoms with E-state index in [2.05, 4.69) is 21.2 Å². The molecule has 0 saturated carbocycles. The number of benzene rings is 1. The Labute approximate surface area is 140 Å². The maximum absolute atomic E-state index is 12.2. The number of nitrogens with one attached hydrogen (secondary N) is 1. The first kappa shape index (κ1) is 15.1. The van der Waals surface area contributed by atoms with Crippen LogP contribution in [0.2, 0.25) is 5.02 Å². The molecule has 0 radical (unpaired) electrons. The molecule has 1 aliphatic heterocycles. The highest BCUT2D eigenvalue weighted by atomic mass is 79.9. The van der Waals surface area contributed by atoms with Crippen LogP contribution in [0.25, 0.3) is 0 Å². The average molecular weight is 384 g/mol. The molecule has 2 amide bonds. The third kappa shape index (κ3) is 3.03. The highest BCUT2D eigenvalue weighted by Gasteiger charge is 2.25. The van der Waals surface area contributed by atoms with Gasteiger partial charge in [0, 0.05) is 18.0 Å². The van der Waals surface area contributed by atoms with Crippen LogP contribution in [0.4, 0.5) is 11.4 Å². The maximum atomic E-state index is 12.2. The Morgan fingerprint density at radius 2 is 2.14 bits per heavy atom. The van der Waals surface area contributed by atoms with E-state index in [0.29, 0.717) is 34.0 Å². The fraction of sp³-hybridized carbons (Fsp3) is 0.200. The van der Waals surface area contributed by atoms with E-state index in [4.69, 9.17) is 16.0 Å². The Hall–Kier alpha value is -1.79. The molecule has 1 aliphatic rings. The second-order valence-electron chi connectivity index (χ2n) is 4.87. The number of anilines is 2. The van der Waals surface area contributed by atoms with Gasteiger partial charge >= 0.3 is 0 Å². The summed E-state index contributed by atoms with van der Waals surface area (Å²) in [6.45, 7) is 0.635. The maximum Gasteiger partial charge on any atom is 0.291 e. The van der Waals surface area contributed by atoms with Crippen molar-refractivity contribution in [1.82, 2.24) is 0 Å². The van der Waals surface area contributed by atoms with Crippen LogP contribution < -0.4 is 10.2 Å². The normalized spacial score (nSPS) is 14.5. The fourth-order valence-corrected chi connectivity index (χ4v) is 2.85. The minimum atomic E-state index is -0.402. The van der Waals surface area contributed by atoms with Gasteiger partial charge in [-0.15, -0.1) is 0 Å². The van der Waals surface area contributed by atoms with Gasteiger partial charge in [-0.2, -0.15) is 0 Å². The Bertz CT molecular complexity index is 744. The summed E-state index contributed by atoms with van der Waals surface area (Å²) >= 11 is 9.16. The number of halogens is 2. The predicted octanol–water partition coefficient (Wildman–Crippen LogP) is 4.07. The summed E-state index contributed by atoms with van der Waals surface area (Å²) in [4.78, 5) is 25.8. The number of amides is 2. The molecule has 0 atom stereocenters. The summed E-state index contributed by atoms with van der Waals surface area (Å²) in [6, 6.07) is 8.25. The van der Waals surface area contributed by atoms with Crippen molar-refractivity contribution in [3.05, 3.63) is 45.8 Å². The molecule has 22 heavy (non-hydrogen) atoms. The van der Waals surface area contributed by atoms with Crippen LogP contribution in [0.3, 0.4) is 0 Å². The van der Waals surface area contributed by atoms with Crippen molar-refractivity contribution >= 4 is 50.7 Å². The van der Waals surface area contributed by atoms with Gasteiger partial charge in [0.05, 0.1) is 11.4 Å². The van der Waals surface area contributed by atoms with Crippen LogP contribution in [0, 0.1) is 0 Å². The van der Waals surface area contributed by atoms with Crippen LogP contribution in [0.1, 0.15) is 23.4 Å². The summed E-state index contributed by atoms with van der Waals surface area (Å²) < 4.78 is 5.70. The Balaban J connectivity index is 1.90. The molecule has 114 valence electrons. The van der Waals surface area contributed by atoms with Gasteiger partial charge in [0.15, 0.2) is 10.4 Å². The van der Waals surface area contributed by atoms with Gasteiger partial charge in [-0.05, 0) is 52.7 Å². The number of carbonyl (C=O) groups is 2. The van der Waals surface area contributed by atoms with Gasteiger partial charge in [0.1, 0.15) is 0 Å². The first-order valence-electron chi connectivity index (χ1n) is 6.71. The quantitative estimate of drug-likeness (QED) is 0.869. The molecule has 0 aliphatic carbocycles. The zero-order valence-corrected chi connectivity index (χ0v) is 13.8. The lowest BCUT2D eigenvalue weighted by atomic mass is 10.2. The highest BCUT2D eigenvalue weighted by Crippen LogP contribution is 2.32. The van der Waals surface area contributed by atoms with Crippen molar-refractivity contribution in [3.8, 4) is 0 Å². The summed E-state index contributed by atoms with van der Waals surface area (Å²) in [5.74, 6) is -0.190. The molecule has 1 fully saturated rings. The third-order valence-corrected chi connectivity index (χ3v) is 4.03. The van der Waals surface area contributed by atoms with Crippen LogP contribution in [-0.4, -0.2) is 18.4 Å². The molecule has 1 aromatic heterocycles. The van der Waals surface area contributed by atoms with E-state index in [-0.39, 0.29) is 11.7 Å². The third-order valence-electron chi connectivity index (χ3n) is 3.37. The van der Waals surface area contributed by atoms with E-state index in [0.717, 1.165) is 6.42 Å². The van der Waals surface area contributed by atoms with Gasteiger partial charge in [-0.3, -0.25) is 9.59 Å².